The fraction of sp³-hybridized carbons (Fsp3) is 0.875. The number of likely N-dealkylation sites (tertiary alicyclic amines) is 1. The molecular weight excluding hydrogens is 268 g/mol. The van der Waals surface area contributed by atoms with Gasteiger partial charge in [0.1, 0.15) is 0 Å². The lowest BCUT2D eigenvalue weighted by molar-refractivity contribution is -0.138. The zero-order valence-electron chi connectivity index (χ0n) is 13.2. The number of hydrogen-bond acceptors (Lipinski definition) is 2. The molecular formula is C16H28N2O3. The molecule has 1 heterocycles. The molecule has 21 heavy (non-hydrogen) atoms. The van der Waals surface area contributed by atoms with Gasteiger partial charge in [0.05, 0.1) is 0 Å². The smallest absolute Gasteiger partial charge is 0.317 e. The van der Waals surface area contributed by atoms with Crippen molar-refractivity contribution in [1.82, 2.24) is 10.2 Å². The van der Waals surface area contributed by atoms with Crippen LogP contribution in [0.2, 0.25) is 0 Å². The van der Waals surface area contributed by atoms with Gasteiger partial charge in [-0.2, -0.15) is 0 Å². The number of carbonyl (C=O) groups excluding carboxylic acids is 1. The first kappa shape index (κ1) is 16.1. The number of carboxylic acid groups (broad SMARTS) is 1. The second-order valence-electron chi connectivity index (χ2n) is 7.46. The van der Waals surface area contributed by atoms with E-state index in [1.165, 1.54) is 12.8 Å². The zero-order valence-corrected chi connectivity index (χ0v) is 13.2. The van der Waals surface area contributed by atoms with E-state index in [4.69, 9.17) is 5.11 Å². The number of piperidine rings is 1. The summed E-state index contributed by atoms with van der Waals surface area (Å²) in [5.74, 6) is -0.666. The van der Waals surface area contributed by atoms with Crippen LogP contribution >= 0.6 is 0 Å². The number of hydrogen-bond donors (Lipinski definition) is 2. The molecule has 0 aromatic rings. The molecule has 0 radical (unpaired) electrons. The maximum atomic E-state index is 12.4. The van der Waals surface area contributed by atoms with E-state index in [1.807, 2.05) is 0 Å². The number of nitrogens with one attached hydrogen (secondary N) is 1. The highest BCUT2D eigenvalue weighted by Crippen LogP contribution is 2.35. The van der Waals surface area contributed by atoms with Gasteiger partial charge in [-0.15, -0.1) is 0 Å². The second-order valence-corrected chi connectivity index (χ2v) is 7.46. The number of aliphatic carboxylic acids is 1. The molecule has 0 spiro atoms. The molecule has 2 N–H and O–H groups in total. The lowest BCUT2D eigenvalue weighted by Crippen LogP contribution is -2.50. The van der Waals surface area contributed by atoms with Crippen LogP contribution in [0.5, 0.6) is 0 Å². The zero-order chi connectivity index (χ0) is 15.5. The van der Waals surface area contributed by atoms with Gasteiger partial charge < -0.3 is 15.3 Å². The Morgan fingerprint density at radius 2 is 2.05 bits per heavy atom. The van der Waals surface area contributed by atoms with Crippen LogP contribution < -0.4 is 5.32 Å². The molecule has 120 valence electrons. The van der Waals surface area contributed by atoms with Gasteiger partial charge >= 0.3 is 12.0 Å². The average Bonchev–Trinajstić information content (AvgIpc) is 2.37. The van der Waals surface area contributed by atoms with Gasteiger partial charge in [-0.05, 0) is 43.4 Å². The van der Waals surface area contributed by atoms with E-state index >= 15 is 0 Å². The molecule has 1 aliphatic heterocycles. The molecule has 1 saturated heterocycles. The van der Waals surface area contributed by atoms with Crippen molar-refractivity contribution in [2.24, 2.45) is 11.3 Å². The Bertz CT molecular complexity index is 395. The van der Waals surface area contributed by atoms with E-state index in [-0.39, 0.29) is 24.4 Å². The van der Waals surface area contributed by atoms with Crippen LogP contribution in [-0.2, 0) is 4.79 Å². The van der Waals surface area contributed by atoms with Gasteiger partial charge in [0.15, 0.2) is 0 Å². The summed E-state index contributed by atoms with van der Waals surface area (Å²) in [5.41, 5.74) is 0.309. The van der Waals surface area contributed by atoms with Crippen LogP contribution in [-0.4, -0.2) is 41.1 Å². The minimum absolute atomic E-state index is 0.00668. The lowest BCUT2D eigenvalue weighted by atomic mass is 9.75. The van der Waals surface area contributed by atoms with Crippen LogP contribution in [0.3, 0.4) is 0 Å². The standard InChI is InChI=1S/C16H28N2O3/c1-16(2)7-3-6-13(10-16)17-15(21)18-8-4-5-12(11-18)9-14(19)20/h12-13H,3-11H2,1-2H3,(H,17,21)(H,19,20). The van der Waals surface area contributed by atoms with Gasteiger partial charge in [0.25, 0.3) is 0 Å². The summed E-state index contributed by atoms with van der Waals surface area (Å²) in [6.45, 7) is 5.84. The number of carboxylic acids is 1. The highest BCUT2D eigenvalue weighted by Gasteiger charge is 2.31. The van der Waals surface area contributed by atoms with Crippen LogP contribution in [0.1, 0.15) is 58.8 Å². The molecule has 0 aromatic carbocycles. The normalized spacial score (nSPS) is 29.0. The number of nitrogens with zero attached hydrogens (tertiary/aromatic N) is 1. The molecule has 2 amide bonds. The molecule has 2 unspecified atom stereocenters. The Hall–Kier alpha value is -1.26. The summed E-state index contributed by atoms with van der Waals surface area (Å²) < 4.78 is 0. The van der Waals surface area contributed by atoms with Gasteiger partial charge in [0.2, 0.25) is 0 Å². The predicted molar refractivity (Wildman–Crippen MR) is 81.1 cm³/mol. The third-order valence-electron chi connectivity index (χ3n) is 4.80. The van der Waals surface area contributed by atoms with Crippen LogP contribution in [0, 0.1) is 11.3 Å². The van der Waals surface area contributed by atoms with Crippen LogP contribution in [0.25, 0.3) is 0 Å². The molecule has 2 aliphatic rings. The molecule has 2 atom stereocenters. The van der Waals surface area contributed by atoms with Crippen molar-refractivity contribution in [1.29, 1.82) is 0 Å². The Morgan fingerprint density at radius 1 is 1.29 bits per heavy atom. The van der Waals surface area contributed by atoms with Gasteiger partial charge in [0, 0.05) is 25.6 Å². The minimum Gasteiger partial charge on any atom is -0.481 e. The summed E-state index contributed by atoms with van der Waals surface area (Å²) in [4.78, 5) is 25.0. The second kappa shape index (κ2) is 6.67. The quantitative estimate of drug-likeness (QED) is 0.841. The fourth-order valence-electron chi connectivity index (χ4n) is 3.75. The summed E-state index contributed by atoms with van der Waals surface area (Å²) >= 11 is 0. The Balaban J connectivity index is 1.83. The van der Waals surface area contributed by atoms with Gasteiger partial charge in [-0.3, -0.25) is 4.79 Å². The summed E-state index contributed by atoms with van der Waals surface area (Å²) in [6, 6.07) is 0.258. The first-order chi connectivity index (χ1) is 9.85. The third kappa shape index (κ3) is 4.90. The van der Waals surface area contributed by atoms with Crippen molar-refractivity contribution >= 4 is 12.0 Å². The summed E-state index contributed by atoms with van der Waals surface area (Å²) in [7, 11) is 0. The van der Waals surface area contributed by atoms with E-state index in [0.717, 1.165) is 32.2 Å². The van der Waals surface area contributed by atoms with Crippen molar-refractivity contribution in [3.63, 3.8) is 0 Å². The number of amides is 2. The average molecular weight is 296 g/mol. The predicted octanol–water partition coefficient (Wildman–Crippen LogP) is 2.85. The fourth-order valence-corrected chi connectivity index (χ4v) is 3.75. The van der Waals surface area contributed by atoms with E-state index in [0.29, 0.717) is 12.0 Å². The molecule has 2 rings (SSSR count). The molecule has 5 nitrogen and oxygen atoms in total. The molecule has 1 saturated carbocycles. The van der Waals surface area contributed by atoms with Crippen LogP contribution in [0.4, 0.5) is 4.79 Å². The molecule has 0 bridgehead atoms. The molecule has 1 aliphatic carbocycles. The summed E-state index contributed by atoms with van der Waals surface area (Å²) in [6.07, 6.45) is 6.46. The van der Waals surface area contributed by atoms with E-state index in [9.17, 15) is 9.59 Å². The minimum atomic E-state index is -0.767. The van der Waals surface area contributed by atoms with Crippen LogP contribution in [0.15, 0.2) is 0 Å². The van der Waals surface area contributed by atoms with E-state index in [2.05, 4.69) is 19.2 Å². The Morgan fingerprint density at radius 3 is 2.71 bits per heavy atom. The highest BCUT2D eigenvalue weighted by atomic mass is 16.4. The Labute approximate surface area is 127 Å². The van der Waals surface area contributed by atoms with Gasteiger partial charge in [-0.1, -0.05) is 20.3 Å². The van der Waals surface area contributed by atoms with E-state index in [1.54, 1.807) is 4.90 Å². The van der Waals surface area contributed by atoms with Crippen molar-refractivity contribution in [2.45, 2.75) is 64.8 Å². The first-order valence-electron chi connectivity index (χ1n) is 8.13. The summed E-state index contributed by atoms with van der Waals surface area (Å²) in [5, 5.41) is 12.0. The Kier molecular flexibility index (Phi) is 5.12. The maximum Gasteiger partial charge on any atom is 0.317 e. The SMILES string of the molecule is CC1(C)CCCC(NC(=O)N2CCCC(CC(=O)O)C2)C1. The molecule has 0 aromatic heterocycles. The van der Waals surface area contributed by atoms with Gasteiger partial charge in [-0.25, -0.2) is 4.79 Å². The molecule has 5 heteroatoms. The van der Waals surface area contributed by atoms with Crippen molar-refractivity contribution < 1.29 is 14.7 Å². The highest BCUT2D eigenvalue weighted by molar-refractivity contribution is 5.75. The van der Waals surface area contributed by atoms with Crippen molar-refractivity contribution in [3.05, 3.63) is 0 Å². The first-order valence-corrected chi connectivity index (χ1v) is 8.13. The number of rotatable bonds is 3. The van der Waals surface area contributed by atoms with Crippen molar-refractivity contribution in [2.75, 3.05) is 13.1 Å². The number of urea groups is 1. The largest absolute Gasteiger partial charge is 0.481 e. The lowest BCUT2D eigenvalue weighted by Gasteiger charge is -2.38. The topological polar surface area (TPSA) is 69.6 Å². The van der Waals surface area contributed by atoms with Crippen molar-refractivity contribution in [3.8, 4) is 0 Å². The third-order valence-corrected chi connectivity index (χ3v) is 4.80. The molecule has 2 fully saturated rings. The maximum absolute atomic E-state index is 12.4. The van der Waals surface area contributed by atoms with E-state index < -0.39 is 5.97 Å². The number of carbonyl (C=O) groups is 2. The monoisotopic (exact) mass is 296 g/mol.